The Labute approximate surface area is 104 Å². The van der Waals surface area contributed by atoms with Crippen LogP contribution in [0.15, 0.2) is 35.8 Å². The van der Waals surface area contributed by atoms with E-state index in [0.717, 1.165) is 10.6 Å². The van der Waals surface area contributed by atoms with Gasteiger partial charge >= 0.3 is 0 Å². The molecule has 17 heavy (non-hydrogen) atoms. The van der Waals surface area contributed by atoms with Crippen LogP contribution in [0, 0.1) is 6.92 Å². The lowest BCUT2D eigenvalue weighted by molar-refractivity contribution is -0.687. The maximum absolute atomic E-state index is 12.0. The quantitative estimate of drug-likeness (QED) is 0.661. The van der Waals surface area contributed by atoms with Gasteiger partial charge in [-0.3, -0.25) is 4.79 Å². The van der Waals surface area contributed by atoms with Crippen LogP contribution in [0.1, 0.15) is 20.9 Å². The molecule has 0 saturated carbocycles. The zero-order valence-electron chi connectivity index (χ0n) is 9.59. The maximum Gasteiger partial charge on any atom is 0.227 e. The third kappa shape index (κ3) is 2.60. The molecule has 0 aliphatic heterocycles. The zero-order chi connectivity index (χ0) is 12.3. The van der Waals surface area contributed by atoms with Crippen molar-refractivity contribution in [3.63, 3.8) is 0 Å². The smallest absolute Gasteiger partial charge is 0.227 e. The fourth-order valence-electron chi connectivity index (χ4n) is 1.68. The summed E-state index contributed by atoms with van der Waals surface area (Å²) in [5.41, 5.74) is 3.40. The number of aromatic nitrogens is 1. The van der Waals surface area contributed by atoms with Crippen molar-refractivity contribution in [1.82, 2.24) is 0 Å². The molecule has 0 radical (unpaired) electrons. The SMILES string of the molecule is Cc1sc[n+](CC(=O)c2ccccc2)c1CO. The second-order valence-electron chi connectivity index (χ2n) is 3.80. The van der Waals surface area contributed by atoms with Crippen molar-refractivity contribution in [2.75, 3.05) is 0 Å². The summed E-state index contributed by atoms with van der Waals surface area (Å²) >= 11 is 1.54. The molecular weight excluding hydrogens is 234 g/mol. The van der Waals surface area contributed by atoms with E-state index in [1.54, 1.807) is 23.5 Å². The Morgan fingerprint density at radius 1 is 1.35 bits per heavy atom. The van der Waals surface area contributed by atoms with Crippen LogP contribution in [0.3, 0.4) is 0 Å². The summed E-state index contributed by atoms with van der Waals surface area (Å²) in [7, 11) is 0. The Balaban J connectivity index is 2.19. The van der Waals surface area contributed by atoms with Crippen molar-refractivity contribution < 1.29 is 14.5 Å². The Morgan fingerprint density at radius 3 is 2.71 bits per heavy atom. The van der Waals surface area contributed by atoms with E-state index in [1.807, 2.05) is 35.2 Å². The van der Waals surface area contributed by atoms with E-state index in [-0.39, 0.29) is 18.9 Å². The molecule has 0 amide bonds. The Hall–Kier alpha value is -1.52. The molecule has 2 rings (SSSR count). The van der Waals surface area contributed by atoms with Crippen LogP contribution >= 0.6 is 11.3 Å². The van der Waals surface area contributed by atoms with Crippen molar-refractivity contribution in [2.45, 2.75) is 20.1 Å². The lowest BCUT2D eigenvalue weighted by Gasteiger charge is -1.98. The average molecular weight is 248 g/mol. The topological polar surface area (TPSA) is 41.2 Å². The second kappa shape index (κ2) is 5.21. The van der Waals surface area contributed by atoms with Gasteiger partial charge in [0.1, 0.15) is 6.61 Å². The fourth-order valence-corrected chi connectivity index (χ4v) is 2.49. The van der Waals surface area contributed by atoms with Crippen molar-refractivity contribution in [1.29, 1.82) is 0 Å². The van der Waals surface area contributed by atoms with Crippen molar-refractivity contribution in [3.05, 3.63) is 52.0 Å². The number of carbonyl (C=O) groups excluding carboxylic acids is 1. The van der Waals surface area contributed by atoms with Gasteiger partial charge in [0.15, 0.2) is 0 Å². The van der Waals surface area contributed by atoms with Crippen LogP contribution in [0.4, 0.5) is 0 Å². The number of rotatable bonds is 4. The van der Waals surface area contributed by atoms with E-state index < -0.39 is 0 Å². The average Bonchev–Trinajstić information content (AvgIpc) is 2.71. The number of aryl methyl sites for hydroxylation is 1. The highest BCUT2D eigenvalue weighted by molar-refractivity contribution is 7.09. The minimum Gasteiger partial charge on any atom is -0.385 e. The van der Waals surface area contributed by atoms with Gasteiger partial charge in [0.25, 0.3) is 0 Å². The molecule has 0 unspecified atom stereocenters. The number of carbonyl (C=O) groups is 1. The lowest BCUT2D eigenvalue weighted by Crippen LogP contribution is -2.39. The monoisotopic (exact) mass is 248 g/mol. The first-order chi connectivity index (χ1) is 8.22. The largest absolute Gasteiger partial charge is 0.385 e. The zero-order valence-corrected chi connectivity index (χ0v) is 10.4. The number of hydrogen-bond acceptors (Lipinski definition) is 3. The van der Waals surface area contributed by atoms with Gasteiger partial charge in [-0.2, -0.15) is 4.57 Å². The number of Topliss-reactive ketones (excluding diaryl/α,β-unsaturated/α-hetero) is 1. The Kier molecular flexibility index (Phi) is 3.66. The molecule has 0 aliphatic rings. The van der Waals surface area contributed by atoms with Crippen molar-refractivity contribution in [3.8, 4) is 0 Å². The highest BCUT2D eigenvalue weighted by Gasteiger charge is 2.19. The molecule has 4 heteroatoms. The number of hydrogen-bond donors (Lipinski definition) is 1. The lowest BCUT2D eigenvalue weighted by atomic mass is 10.1. The minimum absolute atomic E-state index is 0.0304. The third-order valence-electron chi connectivity index (χ3n) is 2.67. The molecule has 88 valence electrons. The van der Waals surface area contributed by atoms with Gasteiger partial charge in [0, 0.05) is 5.56 Å². The first-order valence-electron chi connectivity index (χ1n) is 5.38. The van der Waals surface area contributed by atoms with E-state index in [9.17, 15) is 9.90 Å². The Morgan fingerprint density at radius 2 is 2.06 bits per heavy atom. The molecule has 1 heterocycles. The van der Waals surface area contributed by atoms with E-state index in [2.05, 4.69) is 0 Å². The van der Waals surface area contributed by atoms with Crippen LogP contribution in [-0.2, 0) is 13.2 Å². The van der Waals surface area contributed by atoms with E-state index in [4.69, 9.17) is 0 Å². The fraction of sp³-hybridized carbons (Fsp3) is 0.231. The van der Waals surface area contributed by atoms with Crippen LogP contribution in [-0.4, -0.2) is 10.9 Å². The van der Waals surface area contributed by atoms with Gasteiger partial charge < -0.3 is 5.11 Å². The Bertz CT molecular complexity index is 519. The van der Waals surface area contributed by atoms with Gasteiger partial charge in [-0.15, -0.1) is 0 Å². The molecule has 0 bridgehead atoms. The highest BCUT2D eigenvalue weighted by Crippen LogP contribution is 2.10. The summed E-state index contributed by atoms with van der Waals surface area (Å²) in [6.07, 6.45) is 0. The van der Waals surface area contributed by atoms with E-state index in [1.165, 1.54) is 0 Å². The van der Waals surface area contributed by atoms with Gasteiger partial charge in [-0.05, 0) is 6.92 Å². The van der Waals surface area contributed by atoms with Crippen LogP contribution < -0.4 is 4.57 Å². The first-order valence-corrected chi connectivity index (χ1v) is 6.26. The second-order valence-corrected chi connectivity index (χ2v) is 4.86. The molecule has 0 saturated heterocycles. The highest BCUT2D eigenvalue weighted by atomic mass is 32.1. The van der Waals surface area contributed by atoms with Crippen molar-refractivity contribution >= 4 is 17.1 Å². The van der Waals surface area contributed by atoms with Crippen LogP contribution in [0.5, 0.6) is 0 Å². The van der Waals surface area contributed by atoms with Crippen molar-refractivity contribution in [2.24, 2.45) is 0 Å². The molecule has 3 nitrogen and oxygen atoms in total. The van der Waals surface area contributed by atoms with E-state index in [0.29, 0.717) is 5.56 Å². The van der Waals surface area contributed by atoms with Gasteiger partial charge in [0.2, 0.25) is 23.5 Å². The summed E-state index contributed by atoms with van der Waals surface area (Å²) in [4.78, 5) is 13.0. The standard InChI is InChI=1S/C13H14NO2S/c1-10-12(8-15)14(9-17-10)7-13(16)11-5-3-2-4-6-11/h2-6,9,15H,7-8H2,1H3/q+1. The molecule has 2 aromatic rings. The summed E-state index contributed by atoms with van der Waals surface area (Å²) < 4.78 is 1.81. The van der Waals surface area contributed by atoms with Gasteiger partial charge in [-0.1, -0.05) is 41.7 Å². The van der Waals surface area contributed by atoms with Crippen LogP contribution in [0.2, 0.25) is 0 Å². The number of nitrogens with zero attached hydrogens (tertiary/aromatic N) is 1. The summed E-state index contributed by atoms with van der Waals surface area (Å²) in [6.45, 7) is 2.20. The molecule has 0 fully saturated rings. The number of ketones is 1. The summed E-state index contributed by atoms with van der Waals surface area (Å²) in [5, 5.41) is 9.25. The van der Waals surface area contributed by atoms with Crippen LogP contribution in [0.25, 0.3) is 0 Å². The minimum atomic E-state index is -0.0304. The molecule has 1 aromatic carbocycles. The molecule has 0 aliphatic carbocycles. The molecule has 0 spiro atoms. The number of aliphatic hydroxyl groups is 1. The molecule has 0 atom stereocenters. The number of aliphatic hydroxyl groups excluding tert-OH is 1. The predicted molar refractivity (Wildman–Crippen MR) is 65.9 cm³/mol. The summed E-state index contributed by atoms with van der Waals surface area (Å²) in [5.74, 6) is 0.0584. The molecule has 1 N–H and O–H groups in total. The number of benzene rings is 1. The van der Waals surface area contributed by atoms with Gasteiger partial charge in [0.05, 0.1) is 4.88 Å². The third-order valence-corrected chi connectivity index (χ3v) is 3.62. The molecular formula is C13H14NO2S+. The normalized spacial score (nSPS) is 10.5. The number of thiazole rings is 1. The predicted octanol–water partition coefficient (Wildman–Crippen LogP) is 1.72. The maximum atomic E-state index is 12.0. The van der Waals surface area contributed by atoms with Gasteiger partial charge in [-0.25, -0.2) is 0 Å². The summed E-state index contributed by atoms with van der Waals surface area (Å²) in [6, 6.07) is 9.20. The molecule has 1 aromatic heterocycles. The first kappa shape index (κ1) is 12.0. The van der Waals surface area contributed by atoms with E-state index >= 15 is 0 Å².